The summed E-state index contributed by atoms with van der Waals surface area (Å²) in [4.78, 5) is 30.8. The number of nitrogens with one attached hydrogen (secondary N) is 2. The third kappa shape index (κ3) is 3.79. The summed E-state index contributed by atoms with van der Waals surface area (Å²) in [6.07, 6.45) is 5.20. The number of benzene rings is 1. The maximum atomic E-state index is 12.5. The van der Waals surface area contributed by atoms with Crippen LogP contribution in [0.2, 0.25) is 0 Å². The van der Waals surface area contributed by atoms with Crippen LogP contribution in [0, 0.1) is 18.3 Å². The Labute approximate surface area is 159 Å². The molecule has 1 aliphatic heterocycles. The van der Waals surface area contributed by atoms with Crippen molar-refractivity contribution in [3.63, 3.8) is 0 Å². The number of nitrogens with zero attached hydrogens (tertiary/aromatic N) is 2. The summed E-state index contributed by atoms with van der Waals surface area (Å²) in [6.45, 7) is 3.89. The van der Waals surface area contributed by atoms with Crippen molar-refractivity contribution in [2.75, 3.05) is 18.4 Å². The van der Waals surface area contributed by atoms with E-state index in [2.05, 4.69) is 15.6 Å². The van der Waals surface area contributed by atoms with E-state index < -0.39 is 0 Å². The van der Waals surface area contributed by atoms with Crippen LogP contribution in [0.5, 0.6) is 0 Å². The maximum absolute atomic E-state index is 12.5. The predicted octanol–water partition coefficient (Wildman–Crippen LogP) is 2.95. The molecule has 2 atom stereocenters. The van der Waals surface area contributed by atoms with Gasteiger partial charge < -0.3 is 15.5 Å². The van der Waals surface area contributed by atoms with Crippen molar-refractivity contribution in [2.24, 2.45) is 11.3 Å². The molecule has 2 heterocycles. The fourth-order valence-electron chi connectivity index (χ4n) is 3.89. The van der Waals surface area contributed by atoms with Crippen LogP contribution >= 0.6 is 0 Å². The van der Waals surface area contributed by atoms with Crippen molar-refractivity contribution >= 4 is 17.6 Å². The fourth-order valence-corrected chi connectivity index (χ4v) is 3.89. The topological polar surface area (TPSA) is 74.3 Å². The molecule has 2 fully saturated rings. The number of pyridine rings is 1. The molecular weight excluding hydrogens is 340 g/mol. The lowest BCUT2D eigenvalue weighted by molar-refractivity contribution is -0.123. The number of hydrogen-bond acceptors (Lipinski definition) is 3. The molecule has 6 heteroatoms. The van der Waals surface area contributed by atoms with Crippen LogP contribution in [0.4, 0.5) is 10.5 Å². The normalized spacial score (nSPS) is 23.3. The average Bonchev–Trinajstić information content (AvgIpc) is 3.22. The highest BCUT2D eigenvalue weighted by Gasteiger charge is 2.61. The molecule has 2 N–H and O–H groups in total. The number of rotatable bonds is 4. The number of anilines is 1. The van der Waals surface area contributed by atoms with Crippen LogP contribution in [0.1, 0.15) is 24.0 Å². The standard InChI is InChI=1S/C21H24N4O2/c1-15-2-4-17(5-3-15)24-20(27)25-11-8-21(14-25)12-18(21)19(26)23-13-16-6-9-22-10-7-16/h2-7,9-10,18H,8,11-14H2,1H3,(H,23,26)(H,24,27)/t18-,21-/m1/s1. The molecule has 1 aliphatic carbocycles. The van der Waals surface area contributed by atoms with Crippen LogP contribution in [-0.2, 0) is 11.3 Å². The number of aryl methyl sites for hydroxylation is 1. The Balaban J connectivity index is 1.28. The second-order valence-electron chi connectivity index (χ2n) is 7.66. The molecule has 1 aromatic heterocycles. The van der Waals surface area contributed by atoms with E-state index in [0.29, 0.717) is 19.6 Å². The van der Waals surface area contributed by atoms with Crippen molar-refractivity contribution < 1.29 is 9.59 Å². The van der Waals surface area contributed by atoms with E-state index in [4.69, 9.17) is 0 Å². The van der Waals surface area contributed by atoms with Crippen molar-refractivity contribution in [1.82, 2.24) is 15.2 Å². The minimum absolute atomic E-state index is 0.0107. The molecule has 140 valence electrons. The molecule has 2 aromatic rings. The van der Waals surface area contributed by atoms with E-state index in [9.17, 15) is 9.59 Å². The Hall–Kier alpha value is -2.89. The van der Waals surface area contributed by atoms with Gasteiger partial charge in [0.05, 0.1) is 0 Å². The van der Waals surface area contributed by atoms with Crippen molar-refractivity contribution in [3.8, 4) is 0 Å². The van der Waals surface area contributed by atoms with Crippen LogP contribution in [0.3, 0.4) is 0 Å². The lowest BCUT2D eigenvalue weighted by Crippen LogP contribution is -2.34. The number of amides is 3. The lowest BCUT2D eigenvalue weighted by Gasteiger charge is -2.17. The smallest absolute Gasteiger partial charge is 0.321 e. The molecule has 27 heavy (non-hydrogen) atoms. The van der Waals surface area contributed by atoms with Gasteiger partial charge in [0.15, 0.2) is 0 Å². The van der Waals surface area contributed by atoms with E-state index in [1.54, 1.807) is 12.4 Å². The summed E-state index contributed by atoms with van der Waals surface area (Å²) < 4.78 is 0. The van der Waals surface area contributed by atoms with Crippen LogP contribution < -0.4 is 10.6 Å². The highest BCUT2D eigenvalue weighted by atomic mass is 16.2. The zero-order chi connectivity index (χ0) is 18.9. The summed E-state index contributed by atoms with van der Waals surface area (Å²) in [6, 6.07) is 11.5. The Kier molecular flexibility index (Phi) is 4.56. The summed E-state index contributed by atoms with van der Waals surface area (Å²) in [5, 5.41) is 5.96. The van der Waals surface area contributed by atoms with E-state index in [0.717, 1.165) is 29.7 Å². The van der Waals surface area contributed by atoms with Gasteiger partial charge in [-0.2, -0.15) is 0 Å². The third-order valence-electron chi connectivity index (χ3n) is 5.70. The van der Waals surface area contributed by atoms with Crippen molar-refractivity contribution in [3.05, 3.63) is 59.9 Å². The largest absolute Gasteiger partial charge is 0.352 e. The third-order valence-corrected chi connectivity index (χ3v) is 5.70. The van der Waals surface area contributed by atoms with E-state index >= 15 is 0 Å². The van der Waals surface area contributed by atoms with Gasteiger partial charge in [0, 0.05) is 49.0 Å². The lowest BCUT2D eigenvalue weighted by atomic mass is 10.0. The number of urea groups is 1. The molecule has 1 saturated heterocycles. The molecule has 3 amide bonds. The predicted molar refractivity (Wildman–Crippen MR) is 103 cm³/mol. The Bertz CT molecular complexity index is 837. The molecule has 6 nitrogen and oxygen atoms in total. The first-order valence-electron chi connectivity index (χ1n) is 9.35. The van der Waals surface area contributed by atoms with Gasteiger partial charge in [-0.05, 0) is 49.6 Å². The van der Waals surface area contributed by atoms with E-state index in [-0.39, 0.29) is 23.3 Å². The SMILES string of the molecule is Cc1ccc(NC(=O)N2CC[C@@]3(C[C@@H]3C(=O)NCc3ccncc3)C2)cc1. The highest BCUT2D eigenvalue weighted by molar-refractivity contribution is 5.90. The Morgan fingerprint density at radius 3 is 2.67 bits per heavy atom. The van der Waals surface area contributed by atoms with Crippen molar-refractivity contribution in [2.45, 2.75) is 26.3 Å². The van der Waals surface area contributed by atoms with Crippen molar-refractivity contribution in [1.29, 1.82) is 0 Å². The van der Waals surface area contributed by atoms with Gasteiger partial charge in [-0.1, -0.05) is 17.7 Å². The molecule has 1 spiro atoms. The summed E-state index contributed by atoms with van der Waals surface area (Å²) in [5.41, 5.74) is 2.96. The van der Waals surface area contributed by atoms with Gasteiger partial charge in [-0.25, -0.2) is 4.79 Å². The summed E-state index contributed by atoms with van der Waals surface area (Å²) in [7, 11) is 0. The zero-order valence-electron chi connectivity index (χ0n) is 15.4. The van der Waals surface area contributed by atoms with Gasteiger partial charge in [0.1, 0.15) is 0 Å². The first-order chi connectivity index (χ1) is 13.1. The molecular formula is C21H24N4O2. The highest BCUT2D eigenvalue weighted by Crippen LogP contribution is 2.58. The number of carbonyl (C=O) groups is 2. The zero-order valence-corrected chi connectivity index (χ0v) is 15.4. The fraction of sp³-hybridized carbons (Fsp3) is 0.381. The minimum atomic E-state index is -0.0847. The average molecular weight is 364 g/mol. The quantitative estimate of drug-likeness (QED) is 0.876. The van der Waals surface area contributed by atoms with Crippen LogP contribution in [0.25, 0.3) is 0 Å². The monoisotopic (exact) mass is 364 g/mol. The molecule has 1 aromatic carbocycles. The molecule has 4 rings (SSSR count). The molecule has 0 unspecified atom stereocenters. The number of likely N-dealkylation sites (tertiary alicyclic amines) is 1. The molecule has 0 bridgehead atoms. The van der Waals surface area contributed by atoms with E-state index in [1.807, 2.05) is 48.2 Å². The van der Waals surface area contributed by atoms with Crippen LogP contribution in [-0.4, -0.2) is 34.9 Å². The van der Waals surface area contributed by atoms with Gasteiger partial charge in [0.25, 0.3) is 0 Å². The first-order valence-corrected chi connectivity index (χ1v) is 9.35. The number of aromatic nitrogens is 1. The first kappa shape index (κ1) is 17.5. The second-order valence-corrected chi connectivity index (χ2v) is 7.66. The molecule has 1 saturated carbocycles. The van der Waals surface area contributed by atoms with Gasteiger partial charge in [0.2, 0.25) is 5.91 Å². The van der Waals surface area contributed by atoms with Gasteiger partial charge in [-0.15, -0.1) is 0 Å². The van der Waals surface area contributed by atoms with Gasteiger partial charge in [-0.3, -0.25) is 9.78 Å². The summed E-state index contributed by atoms with van der Waals surface area (Å²) >= 11 is 0. The maximum Gasteiger partial charge on any atom is 0.321 e. The molecule has 2 aliphatic rings. The van der Waals surface area contributed by atoms with Gasteiger partial charge >= 0.3 is 6.03 Å². The Morgan fingerprint density at radius 2 is 1.93 bits per heavy atom. The number of hydrogen-bond donors (Lipinski definition) is 2. The summed E-state index contributed by atoms with van der Waals surface area (Å²) in [5.74, 6) is 0.101. The van der Waals surface area contributed by atoms with Crippen LogP contribution in [0.15, 0.2) is 48.8 Å². The molecule has 0 radical (unpaired) electrons. The van der Waals surface area contributed by atoms with E-state index in [1.165, 1.54) is 0 Å². The second kappa shape index (κ2) is 7.02. The number of carbonyl (C=O) groups excluding carboxylic acids is 2. The Morgan fingerprint density at radius 1 is 1.19 bits per heavy atom. The minimum Gasteiger partial charge on any atom is -0.352 e.